The van der Waals surface area contributed by atoms with Crippen molar-refractivity contribution in [2.75, 3.05) is 12.8 Å². The molecule has 0 unspecified atom stereocenters. The summed E-state index contributed by atoms with van der Waals surface area (Å²) < 4.78 is 14.8. The number of nitriles is 1. The van der Waals surface area contributed by atoms with E-state index < -0.39 is 0 Å². The van der Waals surface area contributed by atoms with Crippen LogP contribution in [0.4, 0.5) is 5.82 Å². The van der Waals surface area contributed by atoms with Gasteiger partial charge in [-0.05, 0) is 32.4 Å². The van der Waals surface area contributed by atoms with Crippen LogP contribution in [-0.2, 0) is 7.05 Å². The summed E-state index contributed by atoms with van der Waals surface area (Å²) >= 11 is 0. The number of nitrogens with zero attached hydrogens (tertiary/aromatic N) is 6. The van der Waals surface area contributed by atoms with E-state index in [1.165, 1.54) is 0 Å². The number of nitrogens with two attached hydrogens (primary N) is 1. The monoisotopic (exact) mass is 403 g/mol. The summed E-state index contributed by atoms with van der Waals surface area (Å²) in [6, 6.07) is 6.03. The number of hydrogen-bond acceptors (Lipinski definition) is 7. The highest BCUT2D eigenvalue weighted by Crippen LogP contribution is 2.39. The van der Waals surface area contributed by atoms with Crippen LogP contribution in [0.2, 0.25) is 0 Å². The molecule has 30 heavy (non-hydrogen) atoms. The van der Waals surface area contributed by atoms with E-state index in [0.717, 1.165) is 16.8 Å². The number of nitrogen functional groups attached to an aromatic ring is 1. The van der Waals surface area contributed by atoms with Crippen LogP contribution < -0.4 is 15.2 Å². The van der Waals surface area contributed by atoms with Gasteiger partial charge in [-0.25, -0.2) is 4.98 Å². The highest BCUT2D eigenvalue weighted by Gasteiger charge is 2.25. The Labute approximate surface area is 173 Å². The average Bonchev–Trinajstić information content (AvgIpc) is 3.23. The summed E-state index contributed by atoms with van der Waals surface area (Å²) in [7, 11) is 3.41. The smallest absolute Gasteiger partial charge is 0.233 e. The minimum absolute atomic E-state index is 0.255. The van der Waals surface area contributed by atoms with E-state index in [4.69, 9.17) is 15.2 Å². The van der Waals surface area contributed by atoms with Crippen molar-refractivity contribution in [2.45, 2.75) is 20.8 Å². The number of benzene rings is 1. The van der Waals surface area contributed by atoms with E-state index in [0.29, 0.717) is 28.4 Å². The second kappa shape index (κ2) is 7.08. The molecule has 0 aliphatic carbocycles. The molecular weight excluding hydrogens is 382 g/mol. The number of ether oxygens (including phenoxy) is 2. The quantitative estimate of drug-likeness (QED) is 0.555. The predicted octanol–water partition coefficient (Wildman–Crippen LogP) is 3.33. The van der Waals surface area contributed by atoms with E-state index in [1.807, 2.05) is 26.0 Å². The lowest BCUT2D eigenvalue weighted by molar-refractivity contribution is 0.411. The lowest BCUT2D eigenvalue weighted by atomic mass is 10.1. The molecule has 4 aromatic rings. The molecule has 4 rings (SSSR count). The molecule has 0 bridgehead atoms. The van der Waals surface area contributed by atoms with Crippen molar-refractivity contribution in [1.82, 2.24) is 24.3 Å². The third kappa shape index (κ3) is 2.90. The Morgan fingerprint density at radius 2 is 1.93 bits per heavy atom. The number of anilines is 1. The van der Waals surface area contributed by atoms with Crippen molar-refractivity contribution in [1.29, 1.82) is 5.26 Å². The van der Waals surface area contributed by atoms with Gasteiger partial charge in [-0.2, -0.15) is 15.3 Å². The van der Waals surface area contributed by atoms with Crippen LogP contribution in [0.1, 0.15) is 22.5 Å². The SMILES string of the molecule is COc1ccc(C)c(-n2c(N)c(C#N)c3c(Oc4cnn(C)c4)nc(C)nc32)c1C. The summed E-state index contributed by atoms with van der Waals surface area (Å²) in [5.74, 6) is 2.23. The normalized spacial score (nSPS) is 10.9. The highest BCUT2D eigenvalue weighted by molar-refractivity contribution is 5.95. The Morgan fingerprint density at radius 3 is 2.57 bits per heavy atom. The lowest BCUT2D eigenvalue weighted by Crippen LogP contribution is -2.07. The van der Waals surface area contributed by atoms with Crippen LogP contribution in [0, 0.1) is 32.1 Å². The summed E-state index contributed by atoms with van der Waals surface area (Å²) in [6.07, 6.45) is 3.29. The fourth-order valence-corrected chi connectivity index (χ4v) is 3.63. The van der Waals surface area contributed by atoms with Crippen LogP contribution in [0.25, 0.3) is 16.7 Å². The van der Waals surface area contributed by atoms with Gasteiger partial charge in [-0.3, -0.25) is 9.25 Å². The van der Waals surface area contributed by atoms with E-state index in [9.17, 15) is 5.26 Å². The van der Waals surface area contributed by atoms with Gasteiger partial charge in [0.15, 0.2) is 11.4 Å². The molecule has 0 aliphatic rings. The maximum absolute atomic E-state index is 9.88. The van der Waals surface area contributed by atoms with Crippen LogP contribution in [0.5, 0.6) is 17.4 Å². The van der Waals surface area contributed by atoms with Crippen LogP contribution in [0.15, 0.2) is 24.5 Å². The Balaban J connectivity index is 2.07. The third-order valence-electron chi connectivity index (χ3n) is 4.96. The molecule has 9 heteroatoms. The summed E-state index contributed by atoms with van der Waals surface area (Å²) in [5.41, 5.74) is 9.87. The molecule has 2 N–H and O–H groups in total. The number of methoxy groups -OCH3 is 1. The molecule has 1 aromatic carbocycles. The zero-order chi connectivity index (χ0) is 21.6. The van der Waals surface area contributed by atoms with E-state index >= 15 is 0 Å². The maximum atomic E-state index is 9.88. The Kier molecular flexibility index (Phi) is 4.54. The first-order valence-electron chi connectivity index (χ1n) is 9.25. The first-order valence-corrected chi connectivity index (χ1v) is 9.25. The molecule has 0 saturated heterocycles. The second-order valence-electron chi connectivity index (χ2n) is 6.99. The van der Waals surface area contributed by atoms with Crippen LogP contribution in [0.3, 0.4) is 0 Å². The van der Waals surface area contributed by atoms with Gasteiger partial charge in [-0.1, -0.05) is 6.07 Å². The number of aromatic nitrogens is 5. The molecule has 152 valence electrons. The summed E-state index contributed by atoms with van der Waals surface area (Å²) in [4.78, 5) is 9.03. The molecule has 0 fully saturated rings. The van der Waals surface area contributed by atoms with Gasteiger partial charge in [0, 0.05) is 12.6 Å². The summed E-state index contributed by atoms with van der Waals surface area (Å²) in [6.45, 7) is 5.68. The van der Waals surface area contributed by atoms with Crippen molar-refractivity contribution in [3.63, 3.8) is 0 Å². The van der Waals surface area contributed by atoms with Crippen molar-refractivity contribution < 1.29 is 9.47 Å². The van der Waals surface area contributed by atoms with Gasteiger partial charge in [-0.15, -0.1) is 0 Å². The molecule has 3 aromatic heterocycles. The van der Waals surface area contributed by atoms with Gasteiger partial charge >= 0.3 is 0 Å². The standard InChI is InChI=1S/C21H21N7O2/c1-11-6-7-16(29-5)12(2)18(11)28-19(23)15(8-22)17-20(28)25-13(3)26-21(17)30-14-9-24-27(4)10-14/h6-7,9-10H,23H2,1-5H3. The van der Waals surface area contributed by atoms with Crippen LogP contribution >= 0.6 is 0 Å². The summed E-state index contributed by atoms with van der Waals surface area (Å²) in [5, 5.41) is 14.4. The molecular formula is C21H21N7O2. The number of rotatable bonds is 4. The average molecular weight is 403 g/mol. The lowest BCUT2D eigenvalue weighted by Gasteiger charge is -2.16. The predicted molar refractivity (Wildman–Crippen MR) is 112 cm³/mol. The first-order chi connectivity index (χ1) is 14.3. The first kappa shape index (κ1) is 19.3. The fraction of sp³-hybridized carbons (Fsp3) is 0.238. The molecule has 9 nitrogen and oxygen atoms in total. The molecule has 0 spiro atoms. The highest BCUT2D eigenvalue weighted by atomic mass is 16.5. The van der Waals surface area contributed by atoms with E-state index in [-0.39, 0.29) is 17.3 Å². The van der Waals surface area contributed by atoms with E-state index in [2.05, 4.69) is 21.1 Å². The number of aryl methyl sites for hydroxylation is 3. The Bertz CT molecular complexity index is 1330. The van der Waals surface area contributed by atoms with Crippen molar-refractivity contribution in [2.24, 2.45) is 7.05 Å². The zero-order valence-corrected chi connectivity index (χ0v) is 17.4. The Morgan fingerprint density at radius 1 is 1.17 bits per heavy atom. The zero-order valence-electron chi connectivity index (χ0n) is 17.4. The van der Waals surface area contributed by atoms with E-state index in [1.54, 1.807) is 42.7 Å². The molecule has 0 saturated carbocycles. The van der Waals surface area contributed by atoms with Gasteiger partial charge < -0.3 is 15.2 Å². The fourth-order valence-electron chi connectivity index (χ4n) is 3.63. The molecule has 0 atom stereocenters. The molecule has 3 heterocycles. The third-order valence-corrected chi connectivity index (χ3v) is 4.96. The van der Waals surface area contributed by atoms with Crippen molar-refractivity contribution in [3.8, 4) is 29.1 Å². The van der Waals surface area contributed by atoms with Gasteiger partial charge in [0.1, 0.15) is 34.4 Å². The second-order valence-corrected chi connectivity index (χ2v) is 6.99. The number of hydrogen-bond donors (Lipinski definition) is 1. The molecule has 0 radical (unpaired) electrons. The van der Waals surface area contributed by atoms with Gasteiger partial charge in [0.2, 0.25) is 5.88 Å². The van der Waals surface area contributed by atoms with Crippen LogP contribution in [-0.4, -0.2) is 31.4 Å². The molecule has 0 aliphatic heterocycles. The minimum atomic E-state index is 0.255. The van der Waals surface area contributed by atoms with Gasteiger partial charge in [0.25, 0.3) is 0 Å². The van der Waals surface area contributed by atoms with Gasteiger partial charge in [0.05, 0.1) is 25.2 Å². The van der Waals surface area contributed by atoms with Crippen molar-refractivity contribution in [3.05, 3.63) is 47.0 Å². The molecule has 0 amide bonds. The van der Waals surface area contributed by atoms with Crippen molar-refractivity contribution >= 4 is 16.9 Å². The largest absolute Gasteiger partial charge is 0.496 e. The number of fused-ring (bicyclic) bond motifs is 1. The Hall–Kier alpha value is -4.06. The maximum Gasteiger partial charge on any atom is 0.233 e. The topological polar surface area (TPSA) is 117 Å². The minimum Gasteiger partial charge on any atom is -0.496 e.